The molecule has 0 bridgehead atoms. The summed E-state index contributed by atoms with van der Waals surface area (Å²) in [7, 11) is -1.20. The second kappa shape index (κ2) is 7.64. The van der Waals surface area contributed by atoms with Gasteiger partial charge in [-0.2, -0.15) is 0 Å². The molecular weight excluding hydrogens is 364 g/mol. The largest absolute Gasteiger partial charge is 0.340 e. The minimum atomic E-state index is -2.98. The van der Waals surface area contributed by atoms with Crippen LogP contribution in [0.2, 0.25) is 0 Å². The third kappa shape index (κ3) is 4.27. The molecule has 1 fully saturated rings. The van der Waals surface area contributed by atoms with Gasteiger partial charge >= 0.3 is 0 Å². The molecule has 1 amide bonds. The van der Waals surface area contributed by atoms with E-state index in [2.05, 4.69) is 15.3 Å². The molecule has 1 aromatic carbocycles. The van der Waals surface area contributed by atoms with Crippen LogP contribution in [-0.4, -0.2) is 48.9 Å². The molecule has 3 rings (SSSR count). The number of carbonyl (C=O) groups excluding carboxylic acids is 1. The Balaban J connectivity index is 1.73. The Morgan fingerprint density at radius 3 is 2.59 bits per heavy atom. The van der Waals surface area contributed by atoms with Gasteiger partial charge in [-0.1, -0.05) is 25.1 Å². The van der Waals surface area contributed by atoms with Gasteiger partial charge in [-0.25, -0.2) is 18.4 Å². The number of aromatic nitrogens is 2. The van der Waals surface area contributed by atoms with Gasteiger partial charge in [-0.3, -0.25) is 4.79 Å². The zero-order valence-corrected chi connectivity index (χ0v) is 16.6. The zero-order chi connectivity index (χ0) is 19.6. The molecule has 1 aliphatic rings. The highest BCUT2D eigenvalue weighted by Gasteiger charge is 2.31. The van der Waals surface area contributed by atoms with Gasteiger partial charge < -0.3 is 10.2 Å². The lowest BCUT2D eigenvalue weighted by molar-refractivity contribution is 0.102. The minimum Gasteiger partial charge on any atom is -0.340 e. The Bertz CT molecular complexity index is 942. The lowest BCUT2D eigenvalue weighted by Gasteiger charge is -2.23. The van der Waals surface area contributed by atoms with E-state index in [1.165, 1.54) is 12.4 Å². The third-order valence-electron chi connectivity index (χ3n) is 4.95. The van der Waals surface area contributed by atoms with Crippen LogP contribution in [0.15, 0.2) is 30.6 Å². The van der Waals surface area contributed by atoms with Gasteiger partial charge in [0, 0.05) is 31.2 Å². The molecule has 27 heavy (non-hydrogen) atoms. The molecule has 8 heteroatoms. The molecule has 1 atom stereocenters. The van der Waals surface area contributed by atoms with Crippen LogP contribution in [0.1, 0.15) is 34.8 Å². The maximum absolute atomic E-state index is 12.6. The summed E-state index contributed by atoms with van der Waals surface area (Å²) in [6.45, 7) is 4.00. The van der Waals surface area contributed by atoms with E-state index in [9.17, 15) is 13.2 Å². The smallest absolute Gasteiger partial charge is 0.258 e. The van der Waals surface area contributed by atoms with Crippen molar-refractivity contribution in [1.82, 2.24) is 9.97 Å². The zero-order valence-electron chi connectivity index (χ0n) is 15.8. The van der Waals surface area contributed by atoms with Gasteiger partial charge in [-0.05, 0) is 30.9 Å². The fraction of sp³-hybridized carbons (Fsp3) is 0.421. The Kier molecular flexibility index (Phi) is 5.46. The first-order valence-electron chi connectivity index (χ1n) is 8.96. The predicted octanol–water partition coefficient (Wildman–Crippen LogP) is 2.22. The normalized spacial score (nSPS) is 18.3. The van der Waals surface area contributed by atoms with Crippen LogP contribution in [-0.2, 0) is 16.3 Å². The first-order chi connectivity index (χ1) is 12.8. The minimum absolute atomic E-state index is 0.113. The molecule has 7 nitrogen and oxygen atoms in total. The van der Waals surface area contributed by atoms with E-state index < -0.39 is 9.84 Å². The van der Waals surface area contributed by atoms with E-state index in [1.54, 1.807) is 11.9 Å². The van der Waals surface area contributed by atoms with Crippen molar-refractivity contribution in [2.24, 2.45) is 0 Å². The van der Waals surface area contributed by atoms with E-state index in [0.717, 1.165) is 23.2 Å². The van der Waals surface area contributed by atoms with Gasteiger partial charge in [0.15, 0.2) is 9.84 Å². The Hall–Kier alpha value is -2.48. The van der Waals surface area contributed by atoms with E-state index >= 15 is 0 Å². The summed E-state index contributed by atoms with van der Waals surface area (Å²) in [6.07, 6.45) is 4.34. The van der Waals surface area contributed by atoms with Crippen LogP contribution in [0.4, 0.5) is 11.6 Å². The van der Waals surface area contributed by atoms with E-state index in [-0.39, 0.29) is 23.5 Å². The van der Waals surface area contributed by atoms with Gasteiger partial charge in [0.2, 0.25) is 5.95 Å². The number of amides is 1. The molecule has 1 aliphatic heterocycles. The van der Waals surface area contributed by atoms with Crippen molar-refractivity contribution in [2.45, 2.75) is 32.7 Å². The van der Waals surface area contributed by atoms with Crippen LogP contribution in [0.3, 0.4) is 0 Å². The summed E-state index contributed by atoms with van der Waals surface area (Å²) in [5, 5.41) is 2.95. The number of nitrogens with zero attached hydrogens (tertiary/aromatic N) is 3. The van der Waals surface area contributed by atoms with Crippen molar-refractivity contribution in [3.63, 3.8) is 0 Å². The standard InChI is InChI=1S/C19H24N4O3S/c1-4-14-7-5-6-13(2)17(14)22-18(24)15-10-20-19(21-11-15)23(3)16-8-9-27(25,26)12-16/h5-7,10-11,16H,4,8-9,12H2,1-3H3,(H,22,24). The molecule has 1 aromatic heterocycles. The first kappa shape index (κ1) is 19.3. The fourth-order valence-corrected chi connectivity index (χ4v) is 5.03. The monoisotopic (exact) mass is 388 g/mol. The van der Waals surface area contributed by atoms with E-state index in [0.29, 0.717) is 17.9 Å². The second-order valence-corrected chi connectivity index (χ2v) is 9.08. The number of rotatable bonds is 5. The number of hydrogen-bond acceptors (Lipinski definition) is 6. The number of nitrogens with one attached hydrogen (secondary N) is 1. The van der Waals surface area contributed by atoms with Crippen LogP contribution < -0.4 is 10.2 Å². The fourth-order valence-electron chi connectivity index (χ4n) is 3.25. The number of benzene rings is 1. The second-order valence-electron chi connectivity index (χ2n) is 6.86. The van der Waals surface area contributed by atoms with Gasteiger partial charge in [0.05, 0.1) is 17.1 Å². The average molecular weight is 388 g/mol. The van der Waals surface area contributed by atoms with Gasteiger partial charge in [0.25, 0.3) is 5.91 Å². The lowest BCUT2D eigenvalue weighted by Crippen LogP contribution is -2.34. The van der Waals surface area contributed by atoms with E-state index in [4.69, 9.17) is 0 Å². The van der Waals surface area contributed by atoms with Crippen molar-refractivity contribution < 1.29 is 13.2 Å². The van der Waals surface area contributed by atoms with Crippen LogP contribution >= 0.6 is 0 Å². The molecular formula is C19H24N4O3S. The van der Waals surface area contributed by atoms with Crippen molar-refractivity contribution in [3.8, 4) is 0 Å². The number of para-hydroxylation sites is 1. The molecule has 1 unspecified atom stereocenters. The molecule has 0 aliphatic carbocycles. The third-order valence-corrected chi connectivity index (χ3v) is 6.70. The number of anilines is 2. The van der Waals surface area contributed by atoms with Crippen LogP contribution in [0.25, 0.3) is 0 Å². The topological polar surface area (TPSA) is 92.3 Å². The number of carbonyl (C=O) groups is 1. The molecule has 144 valence electrons. The summed E-state index contributed by atoms with van der Waals surface area (Å²) in [5.74, 6) is 0.455. The molecule has 0 radical (unpaired) electrons. The van der Waals surface area contributed by atoms with Crippen molar-refractivity contribution in [3.05, 3.63) is 47.3 Å². The molecule has 1 N–H and O–H groups in total. The van der Waals surface area contributed by atoms with Crippen LogP contribution in [0, 0.1) is 6.92 Å². The van der Waals surface area contributed by atoms with Crippen molar-refractivity contribution >= 4 is 27.4 Å². The average Bonchev–Trinajstić information content (AvgIpc) is 3.02. The molecule has 0 saturated carbocycles. The van der Waals surface area contributed by atoms with Crippen LogP contribution in [0.5, 0.6) is 0 Å². The lowest BCUT2D eigenvalue weighted by atomic mass is 10.1. The van der Waals surface area contributed by atoms with Gasteiger partial charge in [0.1, 0.15) is 0 Å². The highest BCUT2D eigenvalue weighted by molar-refractivity contribution is 7.91. The quantitative estimate of drug-likeness (QED) is 0.844. The summed E-state index contributed by atoms with van der Waals surface area (Å²) in [6, 6.07) is 5.79. The summed E-state index contributed by atoms with van der Waals surface area (Å²) in [4.78, 5) is 22.9. The maximum atomic E-state index is 12.6. The maximum Gasteiger partial charge on any atom is 0.258 e. The summed E-state index contributed by atoms with van der Waals surface area (Å²) >= 11 is 0. The Morgan fingerprint density at radius 2 is 2.00 bits per heavy atom. The van der Waals surface area contributed by atoms with E-state index in [1.807, 2.05) is 32.0 Å². The van der Waals surface area contributed by atoms with Crippen molar-refractivity contribution in [1.29, 1.82) is 0 Å². The predicted molar refractivity (Wildman–Crippen MR) is 106 cm³/mol. The number of aryl methyl sites for hydroxylation is 2. The first-order valence-corrected chi connectivity index (χ1v) is 10.8. The highest BCUT2D eigenvalue weighted by Crippen LogP contribution is 2.23. The SMILES string of the molecule is CCc1cccc(C)c1NC(=O)c1cnc(N(C)C2CCS(=O)(=O)C2)nc1. The molecule has 2 aromatic rings. The Labute approximate surface area is 159 Å². The molecule has 1 saturated heterocycles. The summed E-state index contributed by atoms with van der Waals surface area (Å²) < 4.78 is 23.3. The van der Waals surface area contributed by atoms with Gasteiger partial charge in [-0.15, -0.1) is 0 Å². The highest BCUT2D eigenvalue weighted by atomic mass is 32.2. The molecule has 2 heterocycles. The Morgan fingerprint density at radius 1 is 1.30 bits per heavy atom. The number of hydrogen-bond donors (Lipinski definition) is 1. The van der Waals surface area contributed by atoms with Crippen molar-refractivity contribution in [2.75, 3.05) is 28.8 Å². The number of sulfone groups is 1. The molecule has 0 spiro atoms. The summed E-state index contributed by atoms with van der Waals surface area (Å²) in [5.41, 5.74) is 3.25.